The van der Waals surface area contributed by atoms with Crippen molar-refractivity contribution in [3.05, 3.63) is 11.1 Å². The highest BCUT2D eigenvalue weighted by Crippen LogP contribution is 2.67. The second-order valence-corrected chi connectivity index (χ2v) is 4.77. The van der Waals surface area contributed by atoms with E-state index in [1.807, 2.05) is 7.11 Å². The van der Waals surface area contributed by atoms with Gasteiger partial charge in [0.25, 0.3) is 0 Å². The Morgan fingerprint density at radius 2 is 2.33 bits per heavy atom. The van der Waals surface area contributed by atoms with Crippen LogP contribution in [0, 0.1) is 11.3 Å². The summed E-state index contributed by atoms with van der Waals surface area (Å²) >= 11 is 0. The maximum absolute atomic E-state index is 5.24. The predicted octanol–water partition coefficient (Wildman–Crippen LogP) is 2.52. The first kappa shape index (κ1) is 7.14. The van der Waals surface area contributed by atoms with Crippen LogP contribution < -0.4 is 0 Å². The van der Waals surface area contributed by atoms with Gasteiger partial charge in [0, 0.05) is 7.11 Å². The molecule has 0 heterocycles. The summed E-state index contributed by atoms with van der Waals surface area (Å²) in [7, 11) is 1.82. The lowest BCUT2D eigenvalue weighted by Crippen LogP contribution is -2.49. The van der Waals surface area contributed by atoms with Gasteiger partial charge in [0.05, 0.1) is 6.61 Å². The number of ether oxygens (including phenoxy) is 1. The average molecular weight is 164 g/mol. The Bertz CT molecular complexity index is 246. The van der Waals surface area contributed by atoms with E-state index in [-0.39, 0.29) is 0 Å². The molecular formula is C11H16O. The summed E-state index contributed by atoms with van der Waals surface area (Å²) < 4.78 is 5.24. The fourth-order valence-corrected chi connectivity index (χ4v) is 3.59. The van der Waals surface area contributed by atoms with Crippen molar-refractivity contribution >= 4 is 0 Å². The minimum atomic E-state index is 0.733. The molecule has 0 amide bonds. The van der Waals surface area contributed by atoms with Crippen molar-refractivity contribution < 1.29 is 4.74 Å². The molecule has 0 saturated heterocycles. The zero-order chi connectivity index (χ0) is 8.18. The highest BCUT2D eigenvalue weighted by atomic mass is 16.5. The van der Waals surface area contributed by atoms with Crippen LogP contribution in [0.2, 0.25) is 0 Å². The van der Waals surface area contributed by atoms with Crippen LogP contribution in [-0.4, -0.2) is 13.7 Å². The molecule has 0 radical (unpaired) electrons. The van der Waals surface area contributed by atoms with Crippen molar-refractivity contribution in [3.63, 3.8) is 0 Å². The molecule has 0 unspecified atom stereocenters. The zero-order valence-corrected chi connectivity index (χ0v) is 7.73. The summed E-state index contributed by atoms with van der Waals surface area (Å²) in [6.07, 6.45) is 7.23. The monoisotopic (exact) mass is 164 g/mol. The van der Waals surface area contributed by atoms with Gasteiger partial charge in [0.1, 0.15) is 0 Å². The summed E-state index contributed by atoms with van der Waals surface area (Å²) in [5, 5.41) is 0. The molecule has 0 atom stereocenters. The number of allylic oxidation sites excluding steroid dienone is 1. The molecule has 66 valence electrons. The number of rotatable bonds is 2. The van der Waals surface area contributed by atoms with Gasteiger partial charge in [-0.15, -0.1) is 0 Å². The Labute approximate surface area is 73.8 Å². The second-order valence-electron chi connectivity index (χ2n) is 4.77. The van der Waals surface area contributed by atoms with Gasteiger partial charge >= 0.3 is 0 Å². The molecule has 12 heavy (non-hydrogen) atoms. The molecule has 2 bridgehead atoms. The van der Waals surface area contributed by atoms with Crippen LogP contribution in [0.3, 0.4) is 0 Å². The second kappa shape index (κ2) is 2.14. The Morgan fingerprint density at radius 1 is 1.50 bits per heavy atom. The first-order valence-corrected chi connectivity index (χ1v) is 5.04. The molecule has 0 aliphatic heterocycles. The smallest absolute Gasteiger partial charge is 0.0675 e. The standard InChI is InChI=1S/C11H16O/c1-12-7-9-4-8-5-11(6-8)3-2-10(9)11/h8H,2-7H2,1H3. The van der Waals surface area contributed by atoms with Crippen molar-refractivity contribution in [2.45, 2.75) is 32.1 Å². The van der Waals surface area contributed by atoms with Crippen LogP contribution in [0.25, 0.3) is 0 Å². The number of methoxy groups -OCH3 is 1. The molecule has 0 aromatic carbocycles. The molecule has 2 saturated carbocycles. The van der Waals surface area contributed by atoms with Crippen LogP contribution in [0.15, 0.2) is 11.1 Å². The molecular weight excluding hydrogens is 148 g/mol. The Balaban J connectivity index is 1.91. The summed E-state index contributed by atoms with van der Waals surface area (Å²) in [4.78, 5) is 0. The van der Waals surface area contributed by atoms with Gasteiger partial charge in [-0.05, 0) is 49.0 Å². The van der Waals surface area contributed by atoms with E-state index in [1.54, 1.807) is 11.1 Å². The molecule has 0 aromatic heterocycles. The third-order valence-electron chi connectivity index (χ3n) is 4.13. The molecule has 1 heteroatoms. The van der Waals surface area contributed by atoms with Crippen LogP contribution in [0.5, 0.6) is 0 Å². The molecule has 2 fully saturated rings. The number of fused-ring (bicyclic) bond motifs is 1. The topological polar surface area (TPSA) is 9.23 Å². The van der Waals surface area contributed by atoms with Crippen LogP contribution in [0.1, 0.15) is 32.1 Å². The van der Waals surface area contributed by atoms with E-state index in [0.717, 1.165) is 17.9 Å². The van der Waals surface area contributed by atoms with Crippen LogP contribution in [0.4, 0.5) is 0 Å². The largest absolute Gasteiger partial charge is 0.380 e. The Morgan fingerprint density at radius 3 is 2.92 bits per heavy atom. The van der Waals surface area contributed by atoms with Gasteiger partial charge in [-0.25, -0.2) is 0 Å². The van der Waals surface area contributed by atoms with Gasteiger partial charge in [0.2, 0.25) is 0 Å². The van der Waals surface area contributed by atoms with Crippen LogP contribution in [-0.2, 0) is 4.74 Å². The lowest BCUT2D eigenvalue weighted by molar-refractivity contribution is 0.0122. The molecule has 0 N–H and O–H groups in total. The van der Waals surface area contributed by atoms with E-state index in [9.17, 15) is 0 Å². The number of hydrogen-bond donors (Lipinski definition) is 0. The molecule has 4 aliphatic carbocycles. The summed E-state index contributed by atoms with van der Waals surface area (Å²) in [5.74, 6) is 1.03. The van der Waals surface area contributed by atoms with Gasteiger partial charge in [0.15, 0.2) is 0 Å². The highest BCUT2D eigenvalue weighted by molar-refractivity contribution is 5.37. The minimum absolute atomic E-state index is 0.733. The maximum Gasteiger partial charge on any atom is 0.0675 e. The summed E-state index contributed by atoms with van der Waals surface area (Å²) in [5.41, 5.74) is 4.19. The van der Waals surface area contributed by atoms with E-state index in [0.29, 0.717) is 0 Å². The maximum atomic E-state index is 5.24. The summed E-state index contributed by atoms with van der Waals surface area (Å²) in [6, 6.07) is 0. The Hall–Kier alpha value is -0.300. The SMILES string of the molecule is COCC1=C2CCC23CC(C1)C3. The minimum Gasteiger partial charge on any atom is -0.380 e. The zero-order valence-electron chi connectivity index (χ0n) is 7.73. The van der Waals surface area contributed by atoms with Gasteiger partial charge < -0.3 is 4.74 Å². The Kier molecular flexibility index (Phi) is 1.27. The first-order valence-electron chi connectivity index (χ1n) is 5.04. The third kappa shape index (κ3) is 0.687. The van der Waals surface area contributed by atoms with Gasteiger partial charge in [-0.2, -0.15) is 0 Å². The van der Waals surface area contributed by atoms with Crippen LogP contribution >= 0.6 is 0 Å². The lowest BCUT2D eigenvalue weighted by Gasteiger charge is -2.61. The van der Waals surface area contributed by atoms with Crippen molar-refractivity contribution in [1.29, 1.82) is 0 Å². The van der Waals surface area contributed by atoms with E-state index in [1.165, 1.54) is 32.1 Å². The first-order chi connectivity index (χ1) is 5.84. The number of hydrogen-bond acceptors (Lipinski definition) is 1. The highest BCUT2D eigenvalue weighted by Gasteiger charge is 2.55. The third-order valence-corrected chi connectivity index (χ3v) is 4.13. The predicted molar refractivity (Wildman–Crippen MR) is 47.9 cm³/mol. The molecule has 4 aliphatic rings. The van der Waals surface area contributed by atoms with Crippen molar-refractivity contribution in [2.24, 2.45) is 11.3 Å². The molecule has 4 rings (SSSR count). The lowest BCUT2D eigenvalue weighted by atomic mass is 9.44. The average Bonchev–Trinajstić information content (AvgIpc) is 1.90. The quantitative estimate of drug-likeness (QED) is 0.570. The van der Waals surface area contributed by atoms with Crippen molar-refractivity contribution in [2.75, 3.05) is 13.7 Å². The normalized spacial score (nSPS) is 43.2. The van der Waals surface area contributed by atoms with E-state index < -0.39 is 0 Å². The van der Waals surface area contributed by atoms with E-state index in [4.69, 9.17) is 4.74 Å². The fraction of sp³-hybridized carbons (Fsp3) is 0.818. The van der Waals surface area contributed by atoms with Gasteiger partial charge in [-0.3, -0.25) is 0 Å². The van der Waals surface area contributed by atoms with Crippen molar-refractivity contribution in [1.82, 2.24) is 0 Å². The summed E-state index contributed by atoms with van der Waals surface area (Å²) in [6.45, 7) is 0.910. The molecule has 1 spiro atoms. The molecule has 0 aromatic rings. The molecule has 1 nitrogen and oxygen atoms in total. The van der Waals surface area contributed by atoms with E-state index >= 15 is 0 Å². The fourth-order valence-electron chi connectivity index (χ4n) is 3.59. The van der Waals surface area contributed by atoms with Gasteiger partial charge in [-0.1, -0.05) is 5.57 Å². The van der Waals surface area contributed by atoms with E-state index in [2.05, 4.69) is 0 Å². The van der Waals surface area contributed by atoms with Crippen molar-refractivity contribution in [3.8, 4) is 0 Å².